The first-order chi connectivity index (χ1) is 12.8. The van der Waals surface area contributed by atoms with E-state index in [4.69, 9.17) is 4.42 Å². The Bertz CT molecular complexity index is 1100. The van der Waals surface area contributed by atoms with Crippen LogP contribution in [0.4, 0.5) is 13.2 Å². The predicted molar refractivity (Wildman–Crippen MR) is 88.1 cm³/mol. The number of hydrogen-bond acceptors (Lipinski definition) is 4. The molecule has 7 nitrogen and oxygen atoms in total. The van der Waals surface area contributed by atoms with E-state index in [1.807, 2.05) is 0 Å². The topological polar surface area (TPSA) is 73.3 Å². The number of furan rings is 1. The summed E-state index contributed by atoms with van der Waals surface area (Å²) in [5.74, 6) is -0.540. The number of hydrogen-bond donors (Lipinski definition) is 0. The van der Waals surface area contributed by atoms with E-state index in [2.05, 4.69) is 5.10 Å². The van der Waals surface area contributed by atoms with Gasteiger partial charge in [0.2, 0.25) is 0 Å². The Morgan fingerprint density at radius 2 is 2.11 bits per heavy atom. The molecule has 4 rings (SSSR count). The molecule has 3 heterocycles. The maximum absolute atomic E-state index is 13.4. The molecule has 0 N–H and O–H groups in total. The minimum atomic E-state index is -2.70. The standard InChI is InChI=1S/C17H15F3N4O3/c1-9-11-6-10(18)2-3-12(11)27-15(9)16(25)22-4-5-23-14(8-22)21-24(17(23)26)7-13(19)20/h2-3,6,13H,4-5,7-8H2,1H3. The number of carbonyl (C=O) groups excluding carboxylic acids is 1. The normalized spacial score (nSPS) is 14.2. The van der Waals surface area contributed by atoms with Crippen LogP contribution in [0.25, 0.3) is 11.0 Å². The monoisotopic (exact) mass is 380 g/mol. The third-order valence-corrected chi connectivity index (χ3v) is 4.62. The molecule has 0 saturated carbocycles. The Kier molecular flexibility index (Phi) is 4.05. The lowest BCUT2D eigenvalue weighted by atomic mass is 10.1. The van der Waals surface area contributed by atoms with Crippen LogP contribution < -0.4 is 5.69 Å². The number of rotatable bonds is 3. The van der Waals surface area contributed by atoms with Crippen molar-refractivity contribution in [3.8, 4) is 0 Å². The molecule has 10 heteroatoms. The number of amides is 1. The molecule has 1 aliphatic heterocycles. The van der Waals surface area contributed by atoms with Crippen LogP contribution >= 0.6 is 0 Å². The molecule has 1 amide bonds. The van der Waals surface area contributed by atoms with Gasteiger partial charge in [-0.2, -0.15) is 5.10 Å². The van der Waals surface area contributed by atoms with Gasteiger partial charge < -0.3 is 9.32 Å². The van der Waals surface area contributed by atoms with E-state index in [-0.39, 0.29) is 31.2 Å². The zero-order chi connectivity index (χ0) is 19.3. The fraction of sp³-hybridized carbons (Fsp3) is 0.353. The van der Waals surface area contributed by atoms with E-state index in [9.17, 15) is 22.8 Å². The first kappa shape index (κ1) is 17.4. The summed E-state index contributed by atoms with van der Waals surface area (Å²) in [6.07, 6.45) is -2.70. The number of benzene rings is 1. The van der Waals surface area contributed by atoms with Crippen LogP contribution in [0, 0.1) is 12.7 Å². The van der Waals surface area contributed by atoms with E-state index in [0.29, 0.717) is 21.2 Å². The first-order valence-electron chi connectivity index (χ1n) is 8.27. The summed E-state index contributed by atoms with van der Waals surface area (Å²) in [5.41, 5.74) is 0.292. The van der Waals surface area contributed by atoms with Crippen molar-refractivity contribution in [3.63, 3.8) is 0 Å². The van der Waals surface area contributed by atoms with Gasteiger partial charge >= 0.3 is 5.69 Å². The second-order valence-corrected chi connectivity index (χ2v) is 6.35. The van der Waals surface area contributed by atoms with Crippen LogP contribution in [0.2, 0.25) is 0 Å². The van der Waals surface area contributed by atoms with Crippen molar-refractivity contribution in [3.05, 3.63) is 51.6 Å². The van der Waals surface area contributed by atoms with Crippen molar-refractivity contribution in [2.45, 2.75) is 33.0 Å². The highest BCUT2D eigenvalue weighted by Crippen LogP contribution is 2.27. The summed E-state index contributed by atoms with van der Waals surface area (Å²) in [6.45, 7) is 1.22. The summed E-state index contributed by atoms with van der Waals surface area (Å²) < 4.78 is 46.1. The Morgan fingerprint density at radius 3 is 2.85 bits per heavy atom. The molecule has 1 aromatic carbocycles. The summed E-state index contributed by atoms with van der Waals surface area (Å²) in [6, 6.07) is 3.99. The molecule has 0 bridgehead atoms. The quantitative estimate of drug-likeness (QED) is 0.698. The lowest BCUT2D eigenvalue weighted by molar-refractivity contribution is 0.0675. The van der Waals surface area contributed by atoms with Crippen LogP contribution in [0.15, 0.2) is 27.4 Å². The van der Waals surface area contributed by atoms with Crippen molar-refractivity contribution in [1.82, 2.24) is 19.2 Å². The molecule has 1 aliphatic rings. The van der Waals surface area contributed by atoms with Gasteiger partial charge in [0.15, 0.2) is 11.6 Å². The lowest BCUT2D eigenvalue weighted by Crippen LogP contribution is -2.41. The number of aryl methyl sites for hydroxylation is 1. The Hall–Kier alpha value is -3.04. The van der Waals surface area contributed by atoms with E-state index in [1.54, 1.807) is 6.92 Å². The van der Waals surface area contributed by atoms with Crippen LogP contribution in [-0.4, -0.2) is 38.1 Å². The van der Waals surface area contributed by atoms with Gasteiger partial charge in [-0.3, -0.25) is 9.36 Å². The molecule has 3 aromatic rings. The number of halogens is 3. The molecule has 0 aliphatic carbocycles. The number of carbonyl (C=O) groups is 1. The largest absolute Gasteiger partial charge is 0.451 e. The van der Waals surface area contributed by atoms with Crippen molar-refractivity contribution in [2.24, 2.45) is 0 Å². The molecule has 0 spiro atoms. The number of fused-ring (bicyclic) bond motifs is 2. The van der Waals surface area contributed by atoms with E-state index in [1.165, 1.54) is 27.7 Å². The zero-order valence-electron chi connectivity index (χ0n) is 14.3. The maximum Gasteiger partial charge on any atom is 0.346 e. The highest BCUT2D eigenvalue weighted by Gasteiger charge is 2.29. The molecule has 0 unspecified atom stereocenters. The highest BCUT2D eigenvalue weighted by molar-refractivity contribution is 5.98. The SMILES string of the molecule is Cc1c(C(=O)N2CCn3c(nn(CC(F)F)c3=O)C2)oc2ccc(F)cc12. The summed E-state index contributed by atoms with van der Waals surface area (Å²) in [7, 11) is 0. The second-order valence-electron chi connectivity index (χ2n) is 6.35. The number of nitrogens with zero attached hydrogens (tertiary/aromatic N) is 4. The van der Waals surface area contributed by atoms with Crippen LogP contribution in [0.5, 0.6) is 0 Å². The van der Waals surface area contributed by atoms with Crippen molar-refractivity contribution >= 4 is 16.9 Å². The van der Waals surface area contributed by atoms with Gasteiger partial charge in [-0.05, 0) is 25.1 Å². The molecule has 0 fully saturated rings. The average Bonchev–Trinajstić information content (AvgIpc) is 3.11. The minimum absolute atomic E-state index is 0.00480. The molecular formula is C17H15F3N4O3. The zero-order valence-corrected chi connectivity index (χ0v) is 14.3. The second kappa shape index (κ2) is 6.29. The third-order valence-electron chi connectivity index (χ3n) is 4.62. The van der Waals surface area contributed by atoms with Crippen molar-refractivity contribution in [2.75, 3.05) is 6.54 Å². The van der Waals surface area contributed by atoms with Gasteiger partial charge in [-0.1, -0.05) is 0 Å². The molecule has 142 valence electrons. The minimum Gasteiger partial charge on any atom is -0.451 e. The van der Waals surface area contributed by atoms with Crippen molar-refractivity contribution < 1.29 is 22.4 Å². The van der Waals surface area contributed by atoms with Gasteiger partial charge in [0, 0.05) is 24.0 Å². The smallest absolute Gasteiger partial charge is 0.346 e. The Morgan fingerprint density at radius 1 is 1.33 bits per heavy atom. The van der Waals surface area contributed by atoms with E-state index in [0.717, 1.165) is 0 Å². The summed E-state index contributed by atoms with van der Waals surface area (Å²) in [5, 5.41) is 4.41. The fourth-order valence-electron chi connectivity index (χ4n) is 3.26. The Labute approximate surface area is 150 Å². The van der Waals surface area contributed by atoms with Gasteiger partial charge in [0.25, 0.3) is 12.3 Å². The molecule has 0 radical (unpaired) electrons. The third kappa shape index (κ3) is 2.90. The maximum atomic E-state index is 13.4. The summed E-state index contributed by atoms with van der Waals surface area (Å²) in [4.78, 5) is 26.3. The fourth-order valence-corrected chi connectivity index (χ4v) is 3.26. The van der Waals surface area contributed by atoms with Crippen LogP contribution in [0.1, 0.15) is 21.9 Å². The van der Waals surface area contributed by atoms with Crippen molar-refractivity contribution in [1.29, 1.82) is 0 Å². The van der Waals surface area contributed by atoms with Gasteiger partial charge in [-0.25, -0.2) is 22.6 Å². The Balaban J connectivity index is 1.63. The molecule has 27 heavy (non-hydrogen) atoms. The van der Waals surface area contributed by atoms with E-state index < -0.39 is 30.4 Å². The number of aromatic nitrogens is 3. The van der Waals surface area contributed by atoms with Gasteiger partial charge in [-0.15, -0.1) is 0 Å². The molecule has 2 aromatic heterocycles. The van der Waals surface area contributed by atoms with Gasteiger partial charge in [0.05, 0.1) is 6.54 Å². The lowest BCUT2D eigenvalue weighted by Gasteiger charge is -2.26. The van der Waals surface area contributed by atoms with Crippen LogP contribution in [-0.2, 0) is 19.6 Å². The number of alkyl halides is 2. The predicted octanol–water partition coefficient (Wildman–Crippen LogP) is 2.16. The van der Waals surface area contributed by atoms with Gasteiger partial charge in [0.1, 0.15) is 17.9 Å². The highest BCUT2D eigenvalue weighted by atomic mass is 19.3. The van der Waals surface area contributed by atoms with Crippen LogP contribution in [0.3, 0.4) is 0 Å². The molecule has 0 atom stereocenters. The first-order valence-corrected chi connectivity index (χ1v) is 8.27. The van der Waals surface area contributed by atoms with E-state index >= 15 is 0 Å². The average molecular weight is 380 g/mol. The molecular weight excluding hydrogens is 365 g/mol. The molecule has 0 saturated heterocycles. The summed E-state index contributed by atoms with van der Waals surface area (Å²) >= 11 is 0.